The summed E-state index contributed by atoms with van der Waals surface area (Å²) in [4.78, 5) is 15.5. The minimum absolute atomic E-state index is 0.296. The maximum atomic E-state index is 5.44. The third-order valence-electron chi connectivity index (χ3n) is 6.78. The van der Waals surface area contributed by atoms with Crippen LogP contribution in [-0.4, -0.2) is 72.1 Å². The van der Waals surface area contributed by atoms with Crippen LogP contribution in [0.4, 0.5) is 0 Å². The second kappa shape index (κ2) is 8.90. The van der Waals surface area contributed by atoms with E-state index < -0.39 is 0 Å². The fraction of sp³-hybridized carbons (Fsp3) is 0.385. The highest BCUT2D eigenvalue weighted by Crippen LogP contribution is 2.36. The first-order valence-corrected chi connectivity index (χ1v) is 12.2. The van der Waals surface area contributed by atoms with Crippen molar-refractivity contribution in [1.82, 2.24) is 39.2 Å². The summed E-state index contributed by atoms with van der Waals surface area (Å²) in [5.74, 6) is 0.296. The summed E-state index contributed by atoms with van der Waals surface area (Å²) in [5, 5.41) is 8.95. The molecule has 1 N–H and O–H groups in total. The van der Waals surface area contributed by atoms with Crippen molar-refractivity contribution in [2.45, 2.75) is 33.2 Å². The number of aryl methyl sites for hydroxylation is 1. The molecule has 0 spiro atoms. The lowest BCUT2D eigenvalue weighted by Crippen LogP contribution is -2.38. The van der Waals surface area contributed by atoms with E-state index in [9.17, 15) is 0 Å². The Morgan fingerprint density at radius 2 is 1.91 bits per heavy atom. The zero-order chi connectivity index (χ0) is 23.9. The summed E-state index contributed by atoms with van der Waals surface area (Å²) in [5.41, 5.74) is 9.35. The minimum atomic E-state index is 0.296. The highest BCUT2D eigenvalue weighted by atomic mass is 16.5. The van der Waals surface area contributed by atoms with Gasteiger partial charge in [-0.15, -0.1) is 0 Å². The number of pyridine rings is 2. The quantitative estimate of drug-likeness (QED) is 0.405. The van der Waals surface area contributed by atoms with E-state index in [0.717, 1.165) is 84.2 Å². The van der Waals surface area contributed by atoms with Gasteiger partial charge in [-0.25, -0.2) is 14.5 Å². The van der Waals surface area contributed by atoms with E-state index >= 15 is 0 Å². The molecular weight excluding hydrogens is 440 g/mol. The lowest BCUT2D eigenvalue weighted by atomic mass is 9.98. The molecule has 9 heteroatoms. The van der Waals surface area contributed by atoms with Crippen molar-refractivity contribution >= 4 is 16.7 Å². The summed E-state index contributed by atoms with van der Waals surface area (Å²) in [6.45, 7) is 11.9. The smallest absolute Gasteiger partial charge is 0.158 e. The molecule has 1 aliphatic heterocycles. The van der Waals surface area contributed by atoms with E-state index in [0.29, 0.717) is 5.92 Å². The van der Waals surface area contributed by atoms with Crippen molar-refractivity contribution in [1.29, 1.82) is 0 Å². The van der Waals surface area contributed by atoms with Gasteiger partial charge in [0.1, 0.15) is 6.33 Å². The molecule has 0 radical (unpaired) electrons. The predicted octanol–water partition coefficient (Wildman–Crippen LogP) is 3.90. The highest BCUT2D eigenvalue weighted by Gasteiger charge is 2.20. The monoisotopic (exact) mass is 470 g/mol. The number of aromatic amines is 1. The molecule has 5 aromatic heterocycles. The number of aromatic nitrogens is 7. The number of morpholine rings is 1. The topological polar surface area (TPSA) is 89.2 Å². The van der Waals surface area contributed by atoms with E-state index in [1.165, 1.54) is 5.56 Å². The molecule has 0 unspecified atom stereocenters. The van der Waals surface area contributed by atoms with Gasteiger partial charge in [0.2, 0.25) is 0 Å². The maximum absolute atomic E-state index is 5.44. The molecule has 5 aromatic rings. The molecule has 9 nitrogen and oxygen atoms in total. The summed E-state index contributed by atoms with van der Waals surface area (Å²) < 4.78 is 9.29. The van der Waals surface area contributed by atoms with Gasteiger partial charge in [-0.3, -0.25) is 9.58 Å². The molecule has 6 heterocycles. The Morgan fingerprint density at radius 3 is 2.74 bits per heavy atom. The first-order valence-electron chi connectivity index (χ1n) is 12.2. The standard InChI is InChI=1S/C26H30N8O/c1-17(2)23-24(19-12-18(3)26-27-16-29-34(26)15-19)31-22-5-4-21(30-25(22)23)20-13-28-33(14-20)7-6-32-8-10-35-11-9-32/h4-5,12-17,31H,6-11H2,1-3H3. The Hall–Kier alpha value is -3.56. The van der Waals surface area contributed by atoms with E-state index in [4.69, 9.17) is 9.72 Å². The molecule has 0 aliphatic carbocycles. The van der Waals surface area contributed by atoms with Gasteiger partial charge in [-0.2, -0.15) is 10.2 Å². The van der Waals surface area contributed by atoms with E-state index in [1.807, 2.05) is 21.6 Å². The lowest BCUT2D eigenvalue weighted by molar-refractivity contribution is 0.0360. The van der Waals surface area contributed by atoms with Crippen molar-refractivity contribution in [3.63, 3.8) is 0 Å². The van der Waals surface area contributed by atoms with Crippen LogP contribution < -0.4 is 0 Å². The second-order valence-electron chi connectivity index (χ2n) is 9.55. The zero-order valence-electron chi connectivity index (χ0n) is 20.4. The van der Waals surface area contributed by atoms with Crippen LogP contribution in [0.2, 0.25) is 0 Å². The van der Waals surface area contributed by atoms with Crippen LogP contribution in [0, 0.1) is 6.92 Å². The molecular formula is C26H30N8O. The molecule has 1 fully saturated rings. The van der Waals surface area contributed by atoms with Crippen LogP contribution in [0.25, 0.3) is 39.2 Å². The van der Waals surface area contributed by atoms with Crippen LogP contribution in [0.3, 0.4) is 0 Å². The third kappa shape index (κ3) is 4.11. The summed E-state index contributed by atoms with van der Waals surface area (Å²) >= 11 is 0. The number of hydrogen-bond acceptors (Lipinski definition) is 6. The van der Waals surface area contributed by atoms with Gasteiger partial charge in [-0.1, -0.05) is 13.8 Å². The van der Waals surface area contributed by atoms with Gasteiger partial charge < -0.3 is 9.72 Å². The lowest BCUT2D eigenvalue weighted by Gasteiger charge is -2.26. The van der Waals surface area contributed by atoms with Gasteiger partial charge in [0.05, 0.1) is 48.4 Å². The largest absolute Gasteiger partial charge is 0.379 e. The van der Waals surface area contributed by atoms with Gasteiger partial charge in [0.25, 0.3) is 0 Å². The molecule has 0 amide bonds. The minimum Gasteiger partial charge on any atom is -0.379 e. The molecule has 180 valence electrons. The van der Waals surface area contributed by atoms with Gasteiger partial charge >= 0.3 is 0 Å². The summed E-state index contributed by atoms with van der Waals surface area (Å²) in [6.07, 6.45) is 7.64. The van der Waals surface area contributed by atoms with E-state index in [1.54, 1.807) is 6.33 Å². The maximum Gasteiger partial charge on any atom is 0.158 e. The fourth-order valence-electron chi connectivity index (χ4n) is 4.95. The molecule has 35 heavy (non-hydrogen) atoms. The number of H-pyrrole nitrogens is 1. The molecule has 0 saturated carbocycles. The van der Waals surface area contributed by atoms with Crippen LogP contribution >= 0.6 is 0 Å². The Bertz CT molecular complexity index is 1490. The van der Waals surface area contributed by atoms with Crippen molar-refractivity contribution < 1.29 is 4.74 Å². The average molecular weight is 471 g/mol. The molecule has 1 saturated heterocycles. The molecule has 1 aliphatic rings. The average Bonchev–Trinajstić information content (AvgIpc) is 3.61. The fourth-order valence-corrected chi connectivity index (χ4v) is 4.95. The third-order valence-corrected chi connectivity index (χ3v) is 6.78. The predicted molar refractivity (Wildman–Crippen MR) is 135 cm³/mol. The summed E-state index contributed by atoms with van der Waals surface area (Å²) in [7, 11) is 0. The molecule has 6 rings (SSSR count). The van der Waals surface area contributed by atoms with Crippen molar-refractivity contribution in [3.8, 4) is 22.5 Å². The SMILES string of the molecule is Cc1cc(-c2[nH]c3ccc(-c4cnn(CCN5CCOCC5)c4)nc3c2C(C)C)cn2ncnc12. The van der Waals surface area contributed by atoms with Gasteiger partial charge in [-0.05, 0) is 36.6 Å². The van der Waals surface area contributed by atoms with Crippen molar-refractivity contribution in [2.24, 2.45) is 0 Å². The summed E-state index contributed by atoms with van der Waals surface area (Å²) in [6, 6.07) is 6.36. The number of nitrogens with one attached hydrogen (secondary N) is 1. The first kappa shape index (κ1) is 21.9. The second-order valence-corrected chi connectivity index (χ2v) is 9.55. The number of ether oxygens (including phenoxy) is 1. The number of fused-ring (bicyclic) bond motifs is 2. The van der Waals surface area contributed by atoms with Crippen LogP contribution in [0.5, 0.6) is 0 Å². The normalized spacial score (nSPS) is 15.1. The van der Waals surface area contributed by atoms with E-state index in [2.05, 4.69) is 70.2 Å². The van der Waals surface area contributed by atoms with Gasteiger partial charge in [0.15, 0.2) is 5.65 Å². The Morgan fingerprint density at radius 1 is 1.06 bits per heavy atom. The van der Waals surface area contributed by atoms with Crippen LogP contribution in [0.1, 0.15) is 30.9 Å². The van der Waals surface area contributed by atoms with Gasteiger partial charge in [0, 0.05) is 48.7 Å². The molecule has 0 atom stereocenters. The van der Waals surface area contributed by atoms with Crippen molar-refractivity contribution in [2.75, 3.05) is 32.8 Å². The first-order chi connectivity index (χ1) is 17.1. The Balaban J connectivity index is 1.34. The Labute approximate surface area is 203 Å². The number of hydrogen-bond donors (Lipinski definition) is 1. The molecule has 0 aromatic carbocycles. The zero-order valence-corrected chi connectivity index (χ0v) is 20.4. The van der Waals surface area contributed by atoms with Crippen LogP contribution in [-0.2, 0) is 11.3 Å². The number of nitrogens with zero attached hydrogens (tertiary/aromatic N) is 7. The van der Waals surface area contributed by atoms with E-state index in [-0.39, 0.29) is 0 Å². The Kier molecular flexibility index (Phi) is 5.58. The highest BCUT2D eigenvalue weighted by molar-refractivity contribution is 5.90. The van der Waals surface area contributed by atoms with Crippen LogP contribution in [0.15, 0.2) is 43.1 Å². The number of rotatable bonds is 6. The molecule has 0 bridgehead atoms. The van der Waals surface area contributed by atoms with Crippen molar-refractivity contribution in [3.05, 3.63) is 54.2 Å².